The second kappa shape index (κ2) is 3.89. The average molecular weight is 187 g/mol. The Hall–Kier alpha value is -1.88. The first-order valence-corrected chi connectivity index (χ1v) is 4.17. The summed E-state index contributed by atoms with van der Waals surface area (Å²) in [5.74, 6) is 0. The summed E-state index contributed by atoms with van der Waals surface area (Å²) in [5, 5.41) is 0. The van der Waals surface area contributed by atoms with Gasteiger partial charge in [-0.1, -0.05) is 0 Å². The zero-order valence-corrected chi connectivity index (χ0v) is 7.46. The number of hydrogen-bond donors (Lipinski definition) is 1. The first-order chi connectivity index (χ1) is 6.90. The lowest BCUT2D eigenvalue weighted by molar-refractivity contribution is 0.963. The summed E-state index contributed by atoms with van der Waals surface area (Å²) in [5.41, 5.74) is 7.73. The molecule has 0 aliphatic carbocycles. The molecule has 0 aliphatic heterocycles. The lowest BCUT2D eigenvalue weighted by atomic mass is 10.2. The van der Waals surface area contributed by atoms with Crippen LogP contribution in [0.3, 0.4) is 0 Å². The molecule has 0 saturated carbocycles. The molecule has 0 amide bonds. The van der Waals surface area contributed by atoms with Gasteiger partial charge in [0.2, 0.25) is 0 Å². The Balaban J connectivity index is 2.42. The lowest BCUT2D eigenvalue weighted by Gasteiger charge is -1.99. The lowest BCUT2D eigenvalue weighted by Crippen LogP contribution is -2.00. The first kappa shape index (κ1) is 8.71. The summed E-state index contributed by atoms with van der Waals surface area (Å²) in [6, 6.07) is 1.81. The molecule has 70 valence electrons. The van der Waals surface area contributed by atoms with E-state index in [0.29, 0.717) is 6.54 Å². The van der Waals surface area contributed by atoms with Crippen LogP contribution in [-0.4, -0.2) is 19.9 Å². The van der Waals surface area contributed by atoms with Crippen molar-refractivity contribution >= 4 is 0 Å². The standard InChI is InChI=1S/C9H9N5/c10-4-7-3-8(14-6-13-7)9-5-11-1-2-12-9/h1-3,5-6H,4,10H2. The summed E-state index contributed by atoms with van der Waals surface area (Å²) in [6.45, 7) is 0.399. The Labute approximate surface area is 81.1 Å². The van der Waals surface area contributed by atoms with Gasteiger partial charge in [0, 0.05) is 18.9 Å². The summed E-state index contributed by atoms with van der Waals surface area (Å²) < 4.78 is 0. The second-order valence-electron chi connectivity index (χ2n) is 2.69. The third kappa shape index (κ3) is 1.72. The number of hydrogen-bond acceptors (Lipinski definition) is 5. The van der Waals surface area contributed by atoms with Crippen LogP contribution in [0.2, 0.25) is 0 Å². The smallest absolute Gasteiger partial charge is 0.116 e. The van der Waals surface area contributed by atoms with Crippen LogP contribution < -0.4 is 5.73 Å². The zero-order valence-electron chi connectivity index (χ0n) is 7.46. The van der Waals surface area contributed by atoms with Crippen molar-refractivity contribution in [2.24, 2.45) is 5.73 Å². The predicted molar refractivity (Wildman–Crippen MR) is 50.9 cm³/mol. The van der Waals surface area contributed by atoms with Crippen molar-refractivity contribution in [3.63, 3.8) is 0 Å². The second-order valence-corrected chi connectivity index (χ2v) is 2.69. The molecule has 2 heterocycles. The van der Waals surface area contributed by atoms with Gasteiger partial charge in [-0.15, -0.1) is 0 Å². The zero-order chi connectivity index (χ0) is 9.80. The van der Waals surface area contributed by atoms with Crippen LogP contribution in [-0.2, 0) is 6.54 Å². The highest BCUT2D eigenvalue weighted by Gasteiger charge is 2.01. The first-order valence-electron chi connectivity index (χ1n) is 4.17. The maximum Gasteiger partial charge on any atom is 0.116 e. The molecule has 0 aromatic carbocycles. The summed E-state index contributed by atoms with van der Waals surface area (Å²) in [7, 11) is 0. The fraction of sp³-hybridized carbons (Fsp3) is 0.111. The van der Waals surface area contributed by atoms with E-state index in [-0.39, 0.29) is 0 Å². The fourth-order valence-electron chi connectivity index (χ4n) is 1.08. The molecule has 5 heteroatoms. The van der Waals surface area contributed by atoms with Gasteiger partial charge in [0.1, 0.15) is 12.0 Å². The van der Waals surface area contributed by atoms with Gasteiger partial charge < -0.3 is 5.73 Å². The molecule has 0 unspecified atom stereocenters. The van der Waals surface area contributed by atoms with Crippen molar-refractivity contribution in [2.45, 2.75) is 6.54 Å². The van der Waals surface area contributed by atoms with Crippen LogP contribution >= 0.6 is 0 Å². The molecule has 0 radical (unpaired) electrons. The Morgan fingerprint density at radius 2 is 2.00 bits per heavy atom. The number of nitrogens with two attached hydrogens (primary N) is 1. The third-order valence-electron chi connectivity index (χ3n) is 1.76. The highest BCUT2D eigenvalue weighted by Crippen LogP contribution is 2.11. The largest absolute Gasteiger partial charge is 0.325 e. The van der Waals surface area contributed by atoms with Crippen LogP contribution in [0, 0.1) is 0 Å². The maximum absolute atomic E-state index is 5.47. The van der Waals surface area contributed by atoms with Gasteiger partial charge in [0.15, 0.2) is 0 Å². The van der Waals surface area contributed by atoms with Gasteiger partial charge >= 0.3 is 0 Å². The van der Waals surface area contributed by atoms with E-state index < -0.39 is 0 Å². The SMILES string of the molecule is NCc1cc(-c2cnccn2)ncn1. The van der Waals surface area contributed by atoms with Crippen LogP contribution in [0.15, 0.2) is 31.0 Å². The molecule has 2 N–H and O–H groups in total. The molecule has 2 aromatic rings. The minimum absolute atomic E-state index is 0.399. The van der Waals surface area contributed by atoms with Gasteiger partial charge in [-0.3, -0.25) is 9.97 Å². The molecular weight excluding hydrogens is 178 g/mol. The molecule has 0 aliphatic rings. The Morgan fingerprint density at radius 1 is 1.07 bits per heavy atom. The van der Waals surface area contributed by atoms with Crippen LogP contribution in [0.25, 0.3) is 11.4 Å². The summed E-state index contributed by atoms with van der Waals surface area (Å²) >= 11 is 0. The van der Waals surface area contributed by atoms with E-state index in [4.69, 9.17) is 5.73 Å². The highest BCUT2D eigenvalue weighted by atomic mass is 14.9. The maximum atomic E-state index is 5.47. The topological polar surface area (TPSA) is 77.6 Å². The molecule has 5 nitrogen and oxygen atoms in total. The molecule has 0 bridgehead atoms. The predicted octanol–water partition coefficient (Wildman–Crippen LogP) is 0.392. The van der Waals surface area contributed by atoms with E-state index in [1.165, 1.54) is 6.33 Å². The Kier molecular flexibility index (Phi) is 2.42. The molecule has 0 fully saturated rings. The van der Waals surface area contributed by atoms with Crippen molar-refractivity contribution in [3.8, 4) is 11.4 Å². The molecule has 0 atom stereocenters. The van der Waals surface area contributed by atoms with Crippen molar-refractivity contribution in [2.75, 3.05) is 0 Å². The monoisotopic (exact) mass is 187 g/mol. The minimum atomic E-state index is 0.399. The van der Waals surface area contributed by atoms with Crippen molar-refractivity contribution in [1.82, 2.24) is 19.9 Å². The van der Waals surface area contributed by atoms with E-state index in [1.807, 2.05) is 6.07 Å². The molecular formula is C9H9N5. The van der Waals surface area contributed by atoms with Crippen LogP contribution in [0.1, 0.15) is 5.69 Å². The summed E-state index contributed by atoms with van der Waals surface area (Å²) in [4.78, 5) is 16.2. The van der Waals surface area contributed by atoms with Crippen LogP contribution in [0.4, 0.5) is 0 Å². The number of nitrogens with zero attached hydrogens (tertiary/aromatic N) is 4. The van der Waals surface area contributed by atoms with Crippen LogP contribution in [0.5, 0.6) is 0 Å². The minimum Gasteiger partial charge on any atom is -0.325 e. The van der Waals surface area contributed by atoms with Crippen molar-refractivity contribution < 1.29 is 0 Å². The molecule has 14 heavy (non-hydrogen) atoms. The fourth-order valence-corrected chi connectivity index (χ4v) is 1.08. The van der Waals surface area contributed by atoms with E-state index in [1.54, 1.807) is 18.6 Å². The van der Waals surface area contributed by atoms with Gasteiger partial charge in [-0.05, 0) is 6.07 Å². The quantitative estimate of drug-likeness (QED) is 0.735. The Bertz CT molecular complexity index is 415. The van der Waals surface area contributed by atoms with Crippen molar-refractivity contribution in [3.05, 3.63) is 36.7 Å². The van der Waals surface area contributed by atoms with Gasteiger partial charge in [0.05, 0.1) is 17.6 Å². The third-order valence-corrected chi connectivity index (χ3v) is 1.76. The molecule has 2 rings (SSSR count). The molecule has 0 saturated heterocycles. The van der Waals surface area contributed by atoms with E-state index >= 15 is 0 Å². The number of rotatable bonds is 2. The van der Waals surface area contributed by atoms with E-state index in [0.717, 1.165) is 17.1 Å². The van der Waals surface area contributed by atoms with Crippen molar-refractivity contribution in [1.29, 1.82) is 0 Å². The molecule has 2 aromatic heterocycles. The average Bonchev–Trinajstić information content (AvgIpc) is 2.30. The number of aromatic nitrogens is 4. The van der Waals surface area contributed by atoms with Gasteiger partial charge in [-0.2, -0.15) is 0 Å². The normalized spacial score (nSPS) is 10.1. The van der Waals surface area contributed by atoms with E-state index in [9.17, 15) is 0 Å². The van der Waals surface area contributed by atoms with Gasteiger partial charge in [-0.25, -0.2) is 9.97 Å². The van der Waals surface area contributed by atoms with E-state index in [2.05, 4.69) is 19.9 Å². The Morgan fingerprint density at radius 3 is 2.71 bits per heavy atom. The summed E-state index contributed by atoms with van der Waals surface area (Å²) in [6.07, 6.45) is 6.38. The highest BCUT2D eigenvalue weighted by molar-refractivity contribution is 5.52. The van der Waals surface area contributed by atoms with Gasteiger partial charge in [0.25, 0.3) is 0 Å². The molecule has 0 spiro atoms.